The minimum atomic E-state index is -0.870. The van der Waals surface area contributed by atoms with Crippen molar-refractivity contribution in [2.24, 2.45) is 0 Å². The Morgan fingerprint density at radius 2 is 1.89 bits per heavy atom. The largest absolute Gasteiger partial charge is 0.479 e. The highest BCUT2D eigenvalue weighted by Crippen LogP contribution is 2.24. The molecule has 1 aliphatic rings. The number of nitriles is 1. The number of carbonyl (C=O) groups excluding carboxylic acids is 2. The second-order valence-corrected chi connectivity index (χ2v) is 6.39. The molecular formula is C21H20N2O4. The molecular weight excluding hydrogens is 344 g/mol. The number of fused-ring (bicyclic) bond motifs is 1. The van der Waals surface area contributed by atoms with E-state index in [0.29, 0.717) is 17.0 Å². The summed E-state index contributed by atoms with van der Waals surface area (Å²) < 4.78 is 10.5. The van der Waals surface area contributed by atoms with Crippen molar-refractivity contribution < 1.29 is 19.1 Å². The van der Waals surface area contributed by atoms with E-state index < -0.39 is 18.0 Å². The fourth-order valence-electron chi connectivity index (χ4n) is 2.96. The van der Waals surface area contributed by atoms with Crippen LogP contribution in [0, 0.1) is 11.3 Å². The first kappa shape index (κ1) is 18.5. The van der Waals surface area contributed by atoms with Crippen LogP contribution in [-0.4, -0.2) is 24.6 Å². The molecule has 6 nitrogen and oxygen atoms in total. The predicted molar refractivity (Wildman–Crippen MR) is 99.3 cm³/mol. The van der Waals surface area contributed by atoms with Crippen LogP contribution >= 0.6 is 0 Å². The van der Waals surface area contributed by atoms with E-state index in [1.165, 1.54) is 11.1 Å². The second kappa shape index (κ2) is 8.37. The van der Waals surface area contributed by atoms with Crippen molar-refractivity contribution in [3.8, 4) is 11.8 Å². The van der Waals surface area contributed by atoms with Gasteiger partial charge in [-0.2, -0.15) is 5.26 Å². The van der Waals surface area contributed by atoms with Crippen molar-refractivity contribution in [2.75, 3.05) is 11.9 Å². The van der Waals surface area contributed by atoms with Gasteiger partial charge in [0.15, 0.2) is 12.7 Å². The van der Waals surface area contributed by atoms with Crippen LogP contribution in [-0.2, 0) is 27.2 Å². The third-order valence-corrected chi connectivity index (χ3v) is 4.36. The Balaban J connectivity index is 1.46. The Kier molecular flexibility index (Phi) is 5.72. The first-order valence-electron chi connectivity index (χ1n) is 8.80. The standard InChI is InChI=1S/C21H20N2O4/c1-14(27-19-9-5-15(12-22)6-10-19)21(25)26-13-20(24)23-18-8-7-16-3-2-4-17(16)11-18/h5-11,14H,2-4,13H2,1H3,(H,23,24)/t14-/m1/s1. The highest BCUT2D eigenvalue weighted by Gasteiger charge is 2.18. The molecule has 2 aromatic rings. The minimum Gasteiger partial charge on any atom is -0.479 e. The summed E-state index contributed by atoms with van der Waals surface area (Å²) in [4.78, 5) is 24.0. The number of amides is 1. The quantitative estimate of drug-likeness (QED) is 0.796. The Hall–Kier alpha value is -3.33. The lowest BCUT2D eigenvalue weighted by Gasteiger charge is -2.14. The Labute approximate surface area is 157 Å². The zero-order chi connectivity index (χ0) is 19.2. The van der Waals surface area contributed by atoms with Crippen molar-refractivity contribution in [1.82, 2.24) is 0 Å². The monoisotopic (exact) mass is 364 g/mol. The third-order valence-electron chi connectivity index (χ3n) is 4.36. The molecule has 0 saturated heterocycles. The first-order valence-corrected chi connectivity index (χ1v) is 8.80. The van der Waals surface area contributed by atoms with E-state index in [0.717, 1.165) is 19.3 Å². The SMILES string of the molecule is C[C@@H](Oc1ccc(C#N)cc1)C(=O)OCC(=O)Nc1ccc2c(c1)CCC2. The lowest BCUT2D eigenvalue weighted by Crippen LogP contribution is -2.29. The van der Waals surface area contributed by atoms with E-state index in [1.54, 1.807) is 31.2 Å². The Bertz CT molecular complexity index is 884. The van der Waals surface area contributed by atoms with Crippen LogP contribution in [0.1, 0.15) is 30.0 Å². The topological polar surface area (TPSA) is 88.4 Å². The van der Waals surface area contributed by atoms with E-state index in [2.05, 4.69) is 5.32 Å². The normalized spacial score (nSPS) is 13.2. The van der Waals surface area contributed by atoms with E-state index in [-0.39, 0.29) is 6.61 Å². The summed E-state index contributed by atoms with van der Waals surface area (Å²) in [6.07, 6.45) is 2.38. The predicted octanol–water partition coefficient (Wildman–Crippen LogP) is 3.00. The van der Waals surface area contributed by atoms with Crippen LogP contribution in [0.4, 0.5) is 5.69 Å². The average Bonchev–Trinajstić information content (AvgIpc) is 3.14. The Morgan fingerprint density at radius 1 is 1.15 bits per heavy atom. The molecule has 0 unspecified atom stereocenters. The van der Waals surface area contributed by atoms with Crippen molar-refractivity contribution in [3.63, 3.8) is 0 Å². The molecule has 0 fully saturated rings. The number of esters is 1. The highest BCUT2D eigenvalue weighted by atomic mass is 16.6. The van der Waals surface area contributed by atoms with Gasteiger partial charge in [0.2, 0.25) is 0 Å². The maximum Gasteiger partial charge on any atom is 0.347 e. The average molecular weight is 364 g/mol. The number of nitrogens with one attached hydrogen (secondary N) is 1. The van der Waals surface area contributed by atoms with E-state index in [9.17, 15) is 9.59 Å². The van der Waals surface area contributed by atoms with Gasteiger partial charge >= 0.3 is 5.97 Å². The molecule has 1 amide bonds. The van der Waals surface area contributed by atoms with Gasteiger partial charge in [-0.3, -0.25) is 4.79 Å². The summed E-state index contributed by atoms with van der Waals surface area (Å²) in [5.74, 6) is -0.587. The third kappa shape index (κ3) is 4.85. The summed E-state index contributed by atoms with van der Waals surface area (Å²) in [6, 6.07) is 14.3. The summed E-state index contributed by atoms with van der Waals surface area (Å²) in [5.41, 5.74) is 3.79. The van der Waals surface area contributed by atoms with Crippen LogP contribution in [0.2, 0.25) is 0 Å². The van der Waals surface area contributed by atoms with E-state index >= 15 is 0 Å². The number of ether oxygens (including phenoxy) is 2. The van der Waals surface area contributed by atoms with E-state index in [4.69, 9.17) is 14.7 Å². The molecule has 2 aromatic carbocycles. The number of hydrogen-bond acceptors (Lipinski definition) is 5. The number of carbonyl (C=O) groups is 2. The van der Waals surface area contributed by atoms with Gasteiger partial charge in [0.05, 0.1) is 11.6 Å². The number of hydrogen-bond donors (Lipinski definition) is 1. The molecule has 0 aliphatic heterocycles. The van der Waals surface area contributed by atoms with Gasteiger partial charge < -0.3 is 14.8 Å². The maximum atomic E-state index is 12.0. The summed E-state index contributed by atoms with van der Waals surface area (Å²) in [6.45, 7) is 1.16. The molecule has 138 valence electrons. The number of aryl methyl sites for hydroxylation is 2. The zero-order valence-electron chi connectivity index (χ0n) is 15.0. The molecule has 0 radical (unpaired) electrons. The first-order chi connectivity index (χ1) is 13.0. The zero-order valence-corrected chi connectivity index (χ0v) is 15.0. The molecule has 1 N–H and O–H groups in total. The summed E-state index contributed by atoms with van der Waals surface area (Å²) in [7, 11) is 0. The fourth-order valence-corrected chi connectivity index (χ4v) is 2.96. The van der Waals surface area contributed by atoms with Gasteiger partial charge in [-0.15, -0.1) is 0 Å². The molecule has 3 rings (SSSR count). The fraction of sp³-hybridized carbons (Fsp3) is 0.286. The van der Waals surface area contributed by atoms with Crippen molar-refractivity contribution in [2.45, 2.75) is 32.3 Å². The maximum absolute atomic E-state index is 12.0. The van der Waals surface area contributed by atoms with Crippen molar-refractivity contribution in [3.05, 3.63) is 59.2 Å². The number of nitrogens with zero attached hydrogens (tertiary/aromatic N) is 1. The smallest absolute Gasteiger partial charge is 0.347 e. The van der Waals surface area contributed by atoms with Gasteiger partial charge in [0, 0.05) is 5.69 Å². The van der Waals surface area contributed by atoms with Crippen LogP contribution in [0.25, 0.3) is 0 Å². The lowest BCUT2D eigenvalue weighted by molar-refractivity contribution is -0.153. The van der Waals surface area contributed by atoms with Crippen LogP contribution in [0.15, 0.2) is 42.5 Å². The van der Waals surface area contributed by atoms with Crippen LogP contribution in [0.3, 0.4) is 0 Å². The molecule has 6 heteroatoms. The van der Waals surface area contributed by atoms with Crippen LogP contribution < -0.4 is 10.1 Å². The summed E-state index contributed by atoms with van der Waals surface area (Å²) in [5, 5.41) is 11.5. The molecule has 27 heavy (non-hydrogen) atoms. The van der Waals surface area contributed by atoms with Gasteiger partial charge in [-0.1, -0.05) is 6.07 Å². The molecule has 1 atom stereocenters. The number of rotatable bonds is 6. The van der Waals surface area contributed by atoms with Gasteiger partial charge in [-0.05, 0) is 73.7 Å². The number of benzene rings is 2. The number of anilines is 1. The molecule has 0 spiro atoms. The molecule has 0 heterocycles. The minimum absolute atomic E-state index is 0.378. The highest BCUT2D eigenvalue weighted by molar-refractivity contribution is 5.93. The molecule has 0 saturated carbocycles. The molecule has 1 aliphatic carbocycles. The van der Waals surface area contributed by atoms with Gasteiger partial charge in [0.25, 0.3) is 5.91 Å². The Morgan fingerprint density at radius 3 is 2.63 bits per heavy atom. The van der Waals surface area contributed by atoms with Crippen LogP contribution in [0.5, 0.6) is 5.75 Å². The van der Waals surface area contributed by atoms with Crippen molar-refractivity contribution in [1.29, 1.82) is 5.26 Å². The summed E-state index contributed by atoms with van der Waals surface area (Å²) >= 11 is 0. The molecule has 0 bridgehead atoms. The second-order valence-electron chi connectivity index (χ2n) is 6.39. The van der Waals surface area contributed by atoms with Crippen molar-refractivity contribution >= 4 is 17.6 Å². The van der Waals surface area contributed by atoms with Gasteiger partial charge in [0.1, 0.15) is 5.75 Å². The van der Waals surface area contributed by atoms with Gasteiger partial charge in [-0.25, -0.2) is 4.79 Å². The van der Waals surface area contributed by atoms with E-state index in [1.807, 2.05) is 24.3 Å². The molecule has 0 aromatic heterocycles. The lowest BCUT2D eigenvalue weighted by atomic mass is 10.1.